The number of aromatic nitrogens is 2. The highest BCUT2D eigenvalue weighted by atomic mass is 19.1. The first-order valence-corrected chi connectivity index (χ1v) is 14.0. The van der Waals surface area contributed by atoms with Gasteiger partial charge in [-0.15, -0.1) is 0 Å². The lowest BCUT2D eigenvalue weighted by Crippen LogP contribution is -2.45. The number of benzene rings is 3. The summed E-state index contributed by atoms with van der Waals surface area (Å²) >= 11 is 0. The summed E-state index contributed by atoms with van der Waals surface area (Å²) < 4.78 is 31.6. The van der Waals surface area contributed by atoms with Gasteiger partial charge in [-0.1, -0.05) is 30.3 Å². The molecule has 0 atom stereocenters. The van der Waals surface area contributed by atoms with Gasteiger partial charge < -0.3 is 19.1 Å². The monoisotopic (exact) mass is 587 g/mol. The third kappa shape index (κ3) is 7.37. The zero-order valence-corrected chi connectivity index (χ0v) is 24.2. The molecule has 1 aliphatic rings. The highest BCUT2D eigenvalue weighted by molar-refractivity contribution is 5.99. The Morgan fingerprint density at radius 3 is 2.40 bits per heavy atom. The van der Waals surface area contributed by atoms with Gasteiger partial charge in [-0.3, -0.25) is 24.4 Å². The molecule has 1 N–H and O–H groups in total. The maximum atomic E-state index is 13.6. The van der Waals surface area contributed by atoms with E-state index in [9.17, 15) is 14.0 Å². The Labute approximate surface area is 249 Å². The fourth-order valence-electron chi connectivity index (χ4n) is 4.84. The van der Waals surface area contributed by atoms with Crippen LogP contribution >= 0.6 is 0 Å². The van der Waals surface area contributed by atoms with E-state index in [-0.39, 0.29) is 18.4 Å². The molecular formula is C32H34FN5O5. The average molecular weight is 588 g/mol. The SMILES string of the molecule is COc1ccc(-n2cc(-c3ccccc3)nc2NC(=O)CN(CCN2CCOCC2)C(=O)c2ccc(F)cc2)cc1OC. The lowest BCUT2D eigenvalue weighted by atomic mass is 10.2. The second kappa shape index (κ2) is 14.0. The van der Waals surface area contributed by atoms with Gasteiger partial charge in [-0.25, -0.2) is 9.37 Å². The lowest BCUT2D eigenvalue weighted by Gasteiger charge is -2.30. The number of imidazole rings is 1. The van der Waals surface area contributed by atoms with Gasteiger partial charge in [0.25, 0.3) is 5.91 Å². The normalized spacial score (nSPS) is 13.4. The van der Waals surface area contributed by atoms with E-state index in [4.69, 9.17) is 19.2 Å². The van der Waals surface area contributed by atoms with Crippen molar-refractivity contribution < 1.29 is 28.2 Å². The molecule has 3 aromatic carbocycles. The minimum absolute atomic E-state index is 0.222. The number of nitrogens with zero attached hydrogens (tertiary/aromatic N) is 4. The summed E-state index contributed by atoms with van der Waals surface area (Å²) in [6.07, 6.45) is 1.83. The molecule has 1 aliphatic heterocycles. The molecule has 2 heterocycles. The predicted molar refractivity (Wildman–Crippen MR) is 160 cm³/mol. The maximum Gasteiger partial charge on any atom is 0.254 e. The number of hydrogen-bond acceptors (Lipinski definition) is 7. The Hall–Kier alpha value is -4.74. The number of methoxy groups -OCH3 is 2. The van der Waals surface area contributed by atoms with Crippen molar-refractivity contribution in [3.8, 4) is 28.4 Å². The van der Waals surface area contributed by atoms with E-state index in [0.29, 0.717) is 54.7 Å². The van der Waals surface area contributed by atoms with E-state index in [2.05, 4.69) is 10.2 Å². The summed E-state index contributed by atoms with van der Waals surface area (Å²) in [5, 5.41) is 2.90. The minimum atomic E-state index is -0.439. The van der Waals surface area contributed by atoms with Crippen LogP contribution in [-0.2, 0) is 9.53 Å². The van der Waals surface area contributed by atoms with Crippen LogP contribution in [0.3, 0.4) is 0 Å². The van der Waals surface area contributed by atoms with Crippen molar-refractivity contribution in [1.29, 1.82) is 0 Å². The first kappa shape index (κ1) is 29.7. The summed E-state index contributed by atoms with van der Waals surface area (Å²) in [5.74, 6) is 0.131. The molecule has 0 aliphatic carbocycles. The maximum absolute atomic E-state index is 13.6. The van der Waals surface area contributed by atoms with Gasteiger partial charge in [0.15, 0.2) is 11.5 Å². The van der Waals surface area contributed by atoms with Crippen LogP contribution in [0.5, 0.6) is 11.5 Å². The molecule has 0 unspecified atom stereocenters. The molecule has 4 aromatic rings. The van der Waals surface area contributed by atoms with Crippen molar-refractivity contribution in [3.05, 3.63) is 90.4 Å². The van der Waals surface area contributed by atoms with Crippen LogP contribution in [0, 0.1) is 5.82 Å². The number of hydrogen-bond donors (Lipinski definition) is 1. The number of rotatable bonds is 11. The van der Waals surface area contributed by atoms with Crippen molar-refractivity contribution >= 4 is 17.8 Å². The Morgan fingerprint density at radius 1 is 0.977 bits per heavy atom. The highest BCUT2D eigenvalue weighted by Crippen LogP contribution is 2.31. The van der Waals surface area contributed by atoms with Crippen molar-refractivity contribution in [2.24, 2.45) is 0 Å². The van der Waals surface area contributed by atoms with Crippen LogP contribution < -0.4 is 14.8 Å². The zero-order chi connectivity index (χ0) is 30.2. The van der Waals surface area contributed by atoms with Gasteiger partial charge in [0, 0.05) is 49.6 Å². The van der Waals surface area contributed by atoms with Crippen molar-refractivity contribution in [3.63, 3.8) is 0 Å². The third-order valence-corrected chi connectivity index (χ3v) is 7.17. The van der Waals surface area contributed by atoms with E-state index in [1.165, 1.54) is 29.2 Å². The number of anilines is 1. The van der Waals surface area contributed by atoms with E-state index < -0.39 is 11.7 Å². The number of amides is 2. The molecule has 1 fully saturated rings. The molecule has 43 heavy (non-hydrogen) atoms. The van der Waals surface area contributed by atoms with Gasteiger partial charge in [-0.05, 0) is 36.4 Å². The molecular weight excluding hydrogens is 553 g/mol. The molecule has 0 spiro atoms. The summed E-state index contributed by atoms with van der Waals surface area (Å²) in [7, 11) is 3.11. The topological polar surface area (TPSA) is 98.2 Å². The second-order valence-electron chi connectivity index (χ2n) is 9.96. The fourth-order valence-corrected chi connectivity index (χ4v) is 4.84. The molecule has 1 aromatic heterocycles. The van der Waals surface area contributed by atoms with Crippen LogP contribution in [0.2, 0.25) is 0 Å². The van der Waals surface area contributed by atoms with E-state index in [1.54, 1.807) is 30.9 Å². The van der Waals surface area contributed by atoms with Gasteiger partial charge in [0.1, 0.15) is 12.4 Å². The number of morpholine rings is 1. The van der Waals surface area contributed by atoms with Gasteiger partial charge in [-0.2, -0.15) is 0 Å². The second-order valence-corrected chi connectivity index (χ2v) is 9.96. The number of ether oxygens (including phenoxy) is 3. The van der Waals surface area contributed by atoms with Crippen LogP contribution in [0.1, 0.15) is 10.4 Å². The molecule has 0 radical (unpaired) electrons. The first-order chi connectivity index (χ1) is 20.9. The first-order valence-electron chi connectivity index (χ1n) is 14.0. The molecule has 0 saturated carbocycles. The fraction of sp³-hybridized carbons (Fsp3) is 0.281. The van der Waals surface area contributed by atoms with Gasteiger partial charge >= 0.3 is 0 Å². The van der Waals surface area contributed by atoms with Crippen molar-refractivity contribution in [2.75, 3.05) is 65.5 Å². The average Bonchev–Trinajstić information content (AvgIpc) is 3.47. The summed E-state index contributed by atoms with van der Waals surface area (Å²) in [4.78, 5) is 35.4. The van der Waals surface area contributed by atoms with E-state index in [1.807, 2.05) is 42.6 Å². The Balaban J connectivity index is 1.41. The third-order valence-electron chi connectivity index (χ3n) is 7.17. The predicted octanol–water partition coefficient (Wildman–Crippen LogP) is 4.11. The minimum Gasteiger partial charge on any atom is -0.493 e. The number of halogens is 1. The molecule has 0 bridgehead atoms. The highest BCUT2D eigenvalue weighted by Gasteiger charge is 2.23. The Kier molecular flexibility index (Phi) is 9.65. The Morgan fingerprint density at radius 2 is 1.70 bits per heavy atom. The van der Waals surface area contributed by atoms with Crippen LogP contribution in [0.4, 0.5) is 10.3 Å². The standard InChI is InChI=1S/C32H34FN5O5/c1-41-28-13-12-26(20-29(28)42-2)38-21-27(23-6-4-3-5-7-23)34-32(38)35-30(39)22-37(15-14-36-16-18-43-19-17-36)31(40)24-8-10-25(33)11-9-24/h3-13,20-21H,14-19,22H2,1-2H3,(H,34,35,39). The largest absolute Gasteiger partial charge is 0.493 e. The summed E-state index contributed by atoms with van der Waals surface area (Å²) in [6.45, 7) is 3.39. The lowest BCUT2D eigenvalue weighted by molar-refractivity contribution is -0.117. The van der Waals surface area contributed by atoms with Crippen molar-refractivity contribution in [2.45, 2.75) is 0 Å². The summed E-state index contributed by atoms with van der Waals surface area (Å²) in [5.41, 5.74) is 2.51. The number of carbonyl (C=O) groups excluding carboxylic acids is 2. The molecule has 10 nitrogen and oxygen atoms in total. The number of nitrogens with one attached hydrogen (secondary N) is 1. The quantitative estimate of drug-likeness (QED) is 0.282. The summed E-state index contributed by atoms with van der Waals surface area (Å²) in [6, 6.07) is 20.3. The zero-order valence-electron chi connectivity index (χ0n) is 24.2. The molecule has 1 saturated heterocycles. The van der Waals surface area contributed by atoms with Crippen LogP contribution in [0.25, 0.3) is 16.9 Å². The number of carbonyl (C=O) groups is 2. The van der Waals surface area contributed by atoms with Crippen LogP contribution in [-0.4, -0.2) is 91.3 Å². The van der Waals surface area contributed by atoms with Gasteiger partial charge in [0.05, 0.1) is 38.8 Å². The molecule has 224 valence electrons. The van der Waals surface area contributed by atoms with E-state index >= 15 is 0 Å². The van der Waals surface area contributed by atoms with E-state index in [0.717, 1.165) is 18.7 Å². The molecule has 5 rings (SSSR count). The molecule has 11 heteroatoms. The molecule has 2 amide bonds. The van der Waals surface area contributed by atoms with Crippen LogP contribution in [0.15, 0.2) is 79.0 Å². The Bertz CT molecular complexity index is 1540. The van der Waals surface area contributed by atoms with Gasteiger partial charge in [0.2, 0.25) is 11.9 Å². The smallest absolute Gasteiger partial charge is 0.254 e. The van der Waals surface area contributed by atoms with Crippen molar-refractivity contribution in [1.82, 2.24) is 19.4 Å².